The molecule has 0 bridgehead atoms. The number of carbonyl (C=O) groups is 2. The van der Waals surface area contributed by atoms with Crippen LogP contribution in [0.15, 0.2) is 70.5 Å². The van der Waals surface area contributed by atoms with Crippen LogP contribution in [0.3, 0.4) is 0 Å². The highest BCUT2D eigenvalue weighted by molar-refractivity contribution is 7.85. The molecule has 126 valence electrons. The van der Waals surface area contributed by atoms with Crippen LogP contribution in [-0.2, 0) is 10.8 Å². The van der Waals surface area contributed by atoms with Crippen molar-refractivity contribution in [2.45, 2.75) is 9.79 Å². The van der Waals surface area contributed by atoms with Crippen LogP contribution in [0.2, 0.25) is 0 Å². The van der Waals surface area contributed by atoms with E-state index in [1.165, 1.54) is 13.1 Å². The van der Waals surface area contributed by atoms with Gasteiger partial charge in [-0.1, -0.05) is 36.4 Å². The van der Waals surface area contributed by atoms with Gasteiger partial charge >= 0.3 is 5.97 Å². The van der Waals surface area contributed by atoms with Crippen molar-refractivity contribution in [2.24, 2.45) is 0 Å². The number of carboxylic acid groups (broad SMARTS) is 1. The first-order chi connectivity index (χ1) is 12.0. The number of hydrogen-bond donors (Lipinski definition) is 2. The zero-order chi connectivity index (χ0) is 18.0. The molecule has 0 radical (unpaired) electrons. The van der Waals surface area contributed by atoms with Crippen molar-refractivity contribution in [2.75, 3.05) is 7.05 Å². The van der Waals surface area contributed by atoms with E-state index >= 15 is 0 Å². The van der Waals surface area contributed by atoms with Gasteiger partial charge in [-0.3, -0.25) is 4.79 Å². The van der Waals surface area contributed by atoms with Gasteiger partial charge < -0.3 is 10.4 Å². The maximum atomic E-state index is 13.2. The number of carboxylic acids is 1. The summed E-state index contributed by atoms with van der Waals surface area (Å²) >= 11 is 0. The second-order valence-electron chi connectivity index (χ2n) is 5.31. The minimum atomic E-state index is -1.71. The molecule has 0 aliphatic heterocycles. The third-order valence-corrected chi connectivity index (χ3v) is 5.35. The van der Waals surface area contributed by atoms with Crippen LogP contribution < -0.4 is 5.32 Å². The number of nitrogens with one attached hydrogen (secondary N) is 1. The zero-order valence-corrected chi connectivity index (χ0v) is 14.2. The second kappa shape index (κ2) is 6.86. The van der Waals surface area contributed by atoms with E-state index < -0.39 is 16.8 Å². The standard InChI is InChI=1S/C19H15NO4S/c1-20-18(21)13-8-2-3-10-15(13)25(24)16-11-5-7-12-6-4-9-14(17(12)16)19(22)23/h2-11H,1H3,(H,20,21)(H,22,23)/t25-/m0/s1. The Bertz CT molecular complexity index is 1010. The average molecular weight is 353 g/mol. The van der Waals surface area contributed by atoms with E-state index in [0.717, 1.165) is 0 Å². The number of rotatable bonds is 4. The maximum Gasteiger partial charge on any atom is 0.336 e. The molecule has 6 heteroatoms. The summed E-state index contributed by atoms with van der Waals surface area (Å²) in [7, 11) is -0.204. The third-order valence-electron chi connectivity index (χ3n) is 3.86. The van der Waals surface area contributed by atoms with Gasteiger partial charge in [-0.25, -0.2) is 9.00 Å². The fourth-order valence-electron chi connectivity index (χ4n) is 2.71. The lowest BCUT2D eigenvalue weighted by atomic mass is 10.0. The first kappa shape index (κ1) is 16.9. The smallest absolute Gasteiger partial charge is 0.336 e. The number of hydrogen-bond acceptors (Lipinski definition) is 3. The van der Waals surface area contributed by atoms with Crippen molar-refractivity contribution in [1.82, 2.24) is 5.32 Å². The molecule has 1 atom stereocenters. The number of aromatic carboxylic acids is 1. The van der Waals surface area contributed by atoms with E-state index in [2.05, 4.69) is 5.32 Å². The van der Waals surface area contributed by atoms with Crippen LogP contribution in [0.4, 0.5) is 0 Å². The van der Waals surface area contributed by atoms with E-state index in [1.54, 1.807) is 54.6 Å². The molecule has 25 heavy (non-hydrogen) atoms. The maximum absolute atomic E-state index is 13.2. The molecular weight excluding hydrogens is 338 g/mol. The van der Waals surface area contributed by atoms with Crippen molar-refractivity contribution >= 4 is 33.4 Å². The molecule has 1 amide bonds. The van der Waals surface area contributed by atoms with Crippen LogP contribution in [0.5, 0.6) is 0 Å². The fourth-order valence-corrected chi connectivity index (χ4v) is 4.12. The molecule has 0 aliphatic carbocycles. The molecule has 3 rings (SSSR count). The molecule has 0 saturated carbocycles. The van der Waals surface area contributed by atoms with E-state index in [0.29, 0.717) is 26.1 Å². The molecule has 5 nitrogen and oxygen atoms in total. The van der Waals surface area contributed by atoms with E-state index in [4.69, 9.17) is 0 Å². The van der Waals surface area contributed by atoms with Gasteiger partial charge in [0.1, 0.15) is 0 Å². The molecule has 2 N–H and O–H groups in total. The number of fused-ring (bicyclic) bond motifs is 1. The first-order valence-corrected chi connectivity index (χ1v) is 8.67. The third kappa shape index (κ3) is 3.04. The van der Waals surface area contributed by atoms with Gasteiger partial charge in [0.05, 0.1) is 31.7 Å². The van der Waals surface area contributed by atoms with Crippen molar-refractivity contribution in [1.29, 1.82) is 0 Å². The van der Waals surface area contributed by atoms with E-state index in [-0.39, 0.29) is 11.5 Å². The molecule has 0 unspecified atom stereocenters. The van der Waals surface area contributed by atoms with Crippen LogP contribution in [0.1, 0.15) is 20.7 Å². The summed E-state index contributed by atoms with van der Waals surface area (Å²) in [5.41, 5.74) is 0.381. The van der Waals surface area contributed by atoms with Crippen LogP contribution in [0, 0.1) is 0 Å². The molecule has 0 fully saturated rings. The lowest BCUT2D eigenvalue weighted by Crippen LogP contribution is -2.19. The molecule has 0 saturated heterocycles. The monoisotopic (exact) mass is 353 g/mol. The van der Waals surface area contributed by atoms with Gasteiger partial charge in [-0.15, -0.1) is 0 Å². The van der Waals surface area contributed by atoms with Crippen molar-refractivity contribution in [3.63, 3.8) is 0 Å². The summed E-state index contributed by atoms with van der Waals surface area (Å²) < 4.78 is 13.2. The quantitative estimate of drug-likeness (QED) is 0.755. The minimum absolute atomic E-state index is 0.0823. The van der Waals surface area contributed by atoms with Crippen molar-refractivity contribution in [3.05, 3.63) is 71.8 Å². The molecule has 0 aromatic heterocycles. The van der Waals surface area contributed by atoms with Crippen molar-refractivity contribution < 1.29 is 18.9 Å². The van der Waals surface area contributed by atoms with E-state index in [9.17, 15) is 18.9 Å². The predicted octanol–water partition coefficient (Wildman–Crippen LogP) is 3.06. The highest BCUT2D eigenvalue weighted by Gasteiger charge is 2.20. The Morgan fingerprint density at radius 2 is 1.48 bits per heavy atom. The molecule has 3 aromatic rings. The predicted molar refractivity (Wildman–Crippen MR) is 95.4 cm³/mol. The van der Waals surface area contributed by atoms with E-state index in [1.807, 2.05) is 0 Å². The number of benzene rings is 3. The second-order valence-corrected chi connectivity index (χ2v) is 6.73. The summed E-state index contributed by atoms with van der Waals surface area (Å²) in [5.74, 6) is -1.43. The Kier molecular flexibility index (Phi) is 4.63. The molecular formula is C19H15NO4S. The van der Waals surface area contributed by atoms with Gasteiger partial charge in [0.25, 0.3) is 5.91 Å². The Morgan fingerprint density at radius 3 is 2.16 bits per heavy atom. The summed E-state index contributed by atoms with van der Waals surface area (Å²) in [5, 5.41) is 13.1. The van der Waals surface area contributed by atoms with Gasteiger partial charge in [-0.2, -0.15) is 0 Å². The van der Waals surface area contributed by atoms with Gasteiger partial charge in [0, 0.05) is 12.4 Å². The van der Waals surface area contributed by atoms with Crippen molar-refractivity contribution in [3.8, 4) is 0 Å². The zero-order valence-electron chi connectivity index (χ0n) is 13.4. The normalized spacial score (nSPS) is 11.9. The minimum Gasteiger partial charge on any atom is -0.478 e. The number of carbonyl (C=O) groups excluding carboxylic acids is 1. The molecule has 0 heterocycles. The van der Waals surface area contributed by atoms with Gasteiger partial charge in [0.15, 0.2) is 0 Å². The lowest BCUT2D eigenvalue weighted by Gasteiger charge is -2.12. The van der Waals surface area contributed by atoms with Gasteiger partial charge in [0.2, 0.25) is 0 Å². The Morgan fingerprint density at radius 1 is 0.880 bits per heavy atom. The Labute approximate surface area is 146 Å². The summed E-state index contributed by atoms with van der Waals surface area (Å²) in [6.45, 7) is 0. The lowest BCUT2D eigenvalue weighted by molar-refractivity contribution is 0.0698. The highest BCUT2D eigenvalue weighted by atomic mass is 32.2. The summed E-state index contributed by atoms with van der Waals surface area (Å²) in [4.78, 5) is 24.4. The van der Waals surface area contributed by atoms with Crippen LogP contribution >= 0.6 is 0 Å². The average Bonchev–Trinajstić information content (AvgIpc) is 2.65. The fraction of sp³-hybridized carbons (Fsp3) is 0.0526. The van der Waals surface area contributed by atoms with Crippen LogP contribution in [-0.4, -0.2) is 28.2 Å². The SMILES string of the molecule is CNC(=O)c1ccccc1[S@](=O)c1cccc2cccc(C(=O)O)c12. The molecule has 0 aliphatic rings. The molecule has 3 aromatic carbocycles. The summed E-state index contributed by atoms with van der Waals surface area (Å²) in [6, 6.07) is 16.6. The molecule has 0 spiro atoms. The largest absolute Gasteiger partial charge is 0.478 e. The topological polar surface area (TPSA) is 83.5 Å². The number of amides is 1. The summed E-state index contributed by atoms with van der Waals surface area (Å²) in [6.07, 6.45) is 0. The highest BCUT2D eigenvalue weighted by Crippen LogP contribution is 2.29. The Hall–Kier alpha value is -2.99. The van der Waals surface area contributed by atoms with Gasteiger partial charge in [-0.05, 0) is 29.7 Å². The first-order valence-electron chi connectivity index (χ1n) is 7.52. The Balaban J connectivity index is 2.26. The van der Waals surface area contributed by atoms with Crippen LogP contribution in [0.25, 0.3) is 10.8 Å².